The molecule has 3 rings (SSSR count). The smallest absolute Gasteiger partial charge is 0.264 e. The second kappa shape index (κ2) is 9.55. The first kappa shape index (κ1) is 22.2. The number of hydrazone groups is 1. The van der Waals surface area contributed by atoms with Crippen LogP contribution in [0.15, 0.2) is 80.5 Å². The second-order valence-electron chi connectivity index (χ2n) is 6.51. The molecule has 0 unspecified atom stereocenters. The zero-order chi connectivity index (χ0) is 21.7. The summed E-state index contributed by atoms with van der Waals surface area (Å²) in [4.78, 5) is 13.6. The molecule has 1 heterocycles. The van der Waals surface area contributed by atoms with Crippen molar-refractivity contribution in [3.63, 3.8) is 0 Å². The van der Waals surface area contributed by atoms with Crippen LogP contribution in [0.25, 0.3) is 0 Å². The van der Waals surface area contributed by atoms with Crippen LogP contribution in [-0.4, -0.2) is 26.6 Å². The van der Waals surface area contributed by atoms with E-state index >= 15 is 0 Å². The van der Waals surface area contributed by atoms with Gasteiger partial charge < -0.3 is 0 Å². The Morgan fingerprint density at radius 2 is 1.77 bits per heavy atom. The van der Waals surface area contributed by atoms with E-state index in [-0.39, 0.29) is 4.90 Å². The zero-order valence-corrected chi connectivity index (χ0v) is 19.6. The van der Waals surface area contributed by atoms with E-state index < -0.39 is 22.5 Å². The van der Waals surface area contributed by atoms with Crippen molar-refractivity contribution in [3.05, 3.63) is 81.0 Å². The van der Waals surface area contributed by atoms with E-state index in [4.69, 9.17) is 0 Å². The first-order valence-corrected chi connectivity index (χ1v) is 12.1. The number of hydrogen-bond donors (Lipinski definition) is 1. The molecular weight excluding hydrogens is 486 g/mol. The molecule has 156 valence electrons. The molecule has 3 aromatic rings. The third-order valence-corrected chi connectivity index (χ3v) is 7.53. The topological polar surface area (TPSA) is 78.8 Å². The van der Waals surface area contributed by atoms with Gasteiger partial charge in [0.1, 0.15) is 6.54 Å². The van der Waals surface area contributed by atoms with Crippen LogP contribution in [0.5, 0.6) is 0 Å². The molecule has 2 aromatic carbocycles. The molecule has 9 heteroatoms. The number of nitrogens with one attached hydrogen (secondary N) is 1. The lowest BCUT2D eigenvalue weighted by molar-refractivity contribution is -0.119. The van der Waals surface area contributed by atoms with Crippen LogP contribution < -0.4 is 9.73 Å². The van der Waals surface area contributed by atoms with E-state index in [1.807, 2.05) is 24.4 Å². The molecule has 0 bridgehead atoms. The Bertz CT molecular complexity index is 1140. The molecule has 0 aliphatic carbocycles. The average molecular weight is 506 g/mol. The van der Waals surface area contributed by atoms with E-state index in [2.05, 4.69) is 26.5 Å². The molecule has 0 fully saturated rings. The Morgan fingerprint density at radius 1 is 1.10 bits per heavy atom. The Labute approximate surface area is 188 Å². The maximum Gasteiger partial charge on any atom is 0.264 e. The minimum Gasteiger partial charge on any atom is -0.271 e. The number of anilines is 1. The maximum absolute atomic E-state index is 13.3. The predicted molar refractivity (Wildman–Crippen MR) is 125 cm³/mol. The van der Waals surface area contributed by atoms with Gasteiger partial charge in [-0.15, -0.1) is 11.3 Å². The number of rotatable bonds is 7. The molecule has 0 aliphatic rings. The van der Waals surface area contributed by atoms with Crippen molar-refractivity contribution >= 4 is 54.6 Å². The molecule has 0 saturated heterocycles. The fourth-order valence-electron chi connectivity index (χ4n) is 2.61. The van der Waals surface area contributed by atoms with Gasteiger partial charge in [0, 0.05) is 9.35 Å². The van der Waals surface area contributed by atoms with Crippen molar-refractivity contribution in [2.75, 3.05) is 10.8 Å². The molecule has 1 aromatic heterocycles. The Kier molecular flexibility index (Phi) is 7.06. The number of benzene rings is 2. The maximum atomic E-state index is 13.3. The Morgan fingerprint density at radius 3 is 2.37 bits per heavy atom. The number of halogens is 1. The predicted octanol–water partition coefficient (Wildman–Crippen LogP) is 4.55. The SMILES string of the molecule is C/C(=N/NC(=O)CN(c1ccc(Br)cc1)S(=O)(=O)c1ccc(C)cc1)c1cccs1. The number of nitrogens with zero attached hydrogens (tertiary/aromatic N) is 2. The van der Waals surface area contributed by atoms with Crippen molar-refractivity contribution in [2.45, 2.75) is 18.7 Å². The van der Waals surface area contributed by atoms with Gasteiger partial charge >= 0.3 is 0 Å². The van der Waals surface area contributed by atoms with Gasteiger partial charge in [0.15, 0.2) is 0 Å². The van der Waals surface area contributed by atoms with Crippen molar-refractivity contribution in [2.24, 2.45) is 5.10 Å². The minimum absolute atomic E-state index is 0.113. The van der Waals surface area contributed by atoms with Gasteiger partial charge in [-0.05, 0) is 61.7 Å². The van der Waals surface area contributed by atoms with Crippen LogP contribution >= 0.6 is 27.3 Å². The number of thiophene rings is 1. The summed E-state index contributed by atoms with van der Waals surface area (Å²) in [6.07, 6.45) is 0. The standard InChI is InChI=1S/C21H20BrN3O3S2/c1-15-5-11-19(12-6-15)30(27,28)25(18-9-7-17(22)8-10-18)14-21(26)24-23-16(2)20-4-3-13-29-20/h3-13H,14H2,1-2H3,(H,24,26)/b23-16-. The van der Waals surface area contributed by atoms with Crippen LogP contribution in [0.2, 0.25) is 0 Å². The lowest BCUT2D eigenvalue weighted by Crippen LogP contribution is -2.39. The first-order valence-electron chi connectivity index (χ1n) is 8.99. The highest BCUT2D eigenvalue weighted by atomic mass is 79.9. The molecule has 1 N–H and O–H groups in total. The highest BCUT2D eigenvalue weighted by Gasteiger charge is 2.27. The average Bonchev–Trinajstić information content (AvgIpc) is 3.26. The van der Waals surface area contributed by atoms with Crippen molar-refractivity contribution < 1.29 is 13.2 Å². The lowest BCUT2D eigenvalue weighted by Gasteiger charge is -2.24. The van der Waals surface area contributed by atoms with Crippen LogP contribution in [0.3, 0.4) is 0 Å². The number of aryl methyl sites for hydroxylation is 1. The molecule has 0 atom stereocenters. The highest BCUT2D eigenvalue weighted by Crippen LogP contribution is 2.25. The molecule has 0 radical (unpaired) electrons. The van der Waals surface area contributed by atoms with E-state index in [9.17, 15) is 13.2 Å². The minimum atomic E-state index is -3.95. The van der Waals surface area contributed by atoms with Gasteiger partial charge in [0.2, 0.25) is 0 Å². The summed E-state index contributed by atoms with van der Waals surface area (Å²) in [5, 5.41) is 6.01. The summed E-state index contributed by atoms with van der Waals surface area (Å²) in [7, 11) is -3.95. The number of carbonyl (C=O) groups is 1. The van der Waals surface area contributed by atoms with Gasteiger partial charge in [0.25, 0.3) is 15.9 Å². The summed E-state index contributed by atoms with van der Waals surface area (Å²) in [6, 6.07) is 17.0. The van der Waals surface area contributed by atoms with Crippen LogP contribution in [0, 0.1) is 6.92 Å². The van der Waals surface area contributed by atoms with Crippen LogP contribution in [0.1, 0.15) is 17.4 Å². The largest absolute Gasteiger partial charge is 0.271 e. The summed E-state index contributed by atoms with van der Waals surface area (Å²) >= 11 is 4.85. The molecule has 30 heavy (non-hydrogen) atoms. The van der Waals surface area contributed by atoms with Gasteiger partial charge in [-0.2, -0.15) is 5.10 Å². The van der Waals surface area contributed by atoms with Crippen molar-refractivity contribution in [3.8, 4) is 0 Å². The first-order chi connectivity index (χ1) is 14.3. The number of sulfonamides is 1. The molecule has 6 nitrogen and oxygen atoms in total. The van der Waals surface area contributed by atoms with Crippen molar-refractivity contribution in [1.29, 1.82) is 0 Å². The highest BCUT2D eigenvalue weighted by molar-refractivity contribution is 9.10. The molecule has 1 amide bonds. The fraction of sp³-hybridized carbons (Fsp3) is 0.143. The van der Waals surface area contributed by atoms with E-state index in [1.54, 1.807) is 43.3 Å². The van der Waals surface area contributed by atoms with Gasteiger partial charge in [-0.3, -0.25) is 9.10 Å². The van der Waals surface area contributed by atoms with Gasteiger partial charge in [0.05, 0.1) is 16.3 Å². The van der Waals surface area contributed by atoms with E-state index in [1.165, 1.54) is 23.5 Å². The Hall–Kier alpha value is -2.49. The van der Waals surface area contributed by atoms with Crippen molar-refractivity contribution in [1.82, 2.24) is 5.43 Å². The summed E-state index contributed by atoms with van der Waals surface area (Å²) < 4.78 is 28.5. The molecule has 0 spiro atoms. The zero-order valence-electron chi connectivity index (χ0n) is 16.4. The van der Waals surface area contributed by atoms with Crippen LogP contribution in [-0.2, 0) is 14.8 Å². The molecular formula is C21H20BrN3O3S2. The number of carbonyl (C=O) groups excluding carboxylic acids is 1. The number of amides is 1. The summed E-state index contributed by atoms with van der Waals surface area (Å²) in [5.41, 5.74) is 4.43. The second-order valence-corrected chi connectivity index (χ2v) is 10.2. The third kappa shape index (κ3) is 5.35. The quantitative estimate of drug-likeness (QED) is 0.377. The van der Waals surface area contributed by atoms with Gasteiger partial charge in [-0.1, -0.05) is 39.7 Å². The van der Waals surface area contributed by atoms with Gasteiger partial charge in [-0.25, -0.2) is 13.8 Å². The van der Waals surface area contributed by atoms with Crippen LogP contribution in [0.4, 0.5) is 5.69 Å². The normalized spacial score (nSPS) is 11.9. The third-order valence-electron chi connectivity index (χ3n) is 4.24. The lowest BCUT2D eigenvalue weighted by atomic mass is 10.2. The number of hydrogen-bond acceptors (Lipinski definition) is 5. The molecule has 0 saturated carbocycles. The Balaban J connectivity index is 1.88. The molecule has 0 aliphatic heterocycles. The van der Waals surface area contributed by atoms with E-state index in [0.29, 0.717) is 11.4 Å². The van der Waals surface area contributed by atoms with E-state index in [0.717, 1.165) is 19.2 Å². The fourth-order valence-corrected chi connectivity index (χ4v) is 4.97. The summed E-state index contributed by atoms with van der Waals surface area (Å²) in [5.74, 6) is -0.537. The monoisotopic (exact) mass is 505 g/mol. The summed E-state index contributed by atoms with van der Waals surface area (Å²) in [6.45, 7) is 3.25.